The van der Waals surface area contributed by atoms with E-state index in [2.05, 4.69) is 10.6 Å². The van der Waals surface area contributed by atoms with Crippen molar-refractivity contribution < 1.29 is 24.3 Å². The minimum atomic E-state index is -1.08. The van der Waals surface area contributed by atoms with Crippen LogP contribution >= 0.6 is 0 Å². The van der Waals surface area contributed by atoms with E-state index in [1.54, 1.807) is 0 Å². The molecule has 9 heteroatoms. The molecule has 1 saturated heterocycles. The van der Waals surface area contributed by atoms with Crippen molar-refractivity contribution in [1.82, 2.24) is 15.5 Å². The van der Waals surface area contributed by atoms with Crippen LogP contribution in [0.5, 0.6) is 0 Å². The molecule has 2 atom stereocenters. The van der Waals surface area contributed by atoms with Crippen molar-refractivity contribution in [2.45, 2.75) is 51.1 Å². The Hall–Kier alpha value is -2.16. The van der Waals surface area contributed by atoms with Crippen molar-refractivity contribution in [3.8, 4) is 0 Å². The predicted octanol–water partition coefficient (Wildman–Crippen LogP) is -1.19. The molecule has 1 fully saturated rings. The summed E-state index contributed by atoms with van der Waals surface area (Å²) in [7, 11) is 0. The van der Waals surface area contributed by atoms with Gasteiger partial charge in [-0.1, -0.05) is 19.8 Å². The van der Waals surface area contributed by atoms with Crippen molar-refractivity contribution in [3.63, 3.8) is 0 Å². The molecule has 0 aromatic carbocycles. The Morgan fingerprint density at radius 2 is 2.04 bits per heavy atom. The Bertz CT molecular complexity index is 482. The highest BCUT2D eigenvalue weighted by atomic mass is 16.4. The van der Waals surface area contributed by atoms with Crippen molar-refractivity contribution in [2.24, 2.45) is 5.73 Å². The molecule has 0 saturated carbocycles. The molecule has 9 nitrogen and oxygen atoms in total. The molecular formula is C15H26N4O5. The van der Waals surface area contributed by atoms with Gasteiger partial charge in [0.05, 0.1) is 13.1 Å². The molecule has 5 N–H and O–H groups in total. The summed E-state index contributed by atoms with van der Waals surface area (Å²) in [5, 5.41) is 14.1. The second-order valence-electron chi connectivity index (χ2n) is 5.77. The van der Waals surface area contributed by atoms with Gasteiger partial charge < -0.3 is 26.4 Å². The maximum atomic E-state index is 12.4. The van der Waals surface area contributed by atoms with E-state index in [1.165, 1.54) is 4.90 Å². The summed E-state index contributed by atoms with van der Waals surface area (Å²) in [6.45, 7) is 1.91. The third kappa shape index (κ3) is 5.80. The molecule has 0 spiro atoms. The number of nitrogens with one attached hydrogen (secondary N) is 2. The van der Waals surface area contributed by atoms with Crippen LogP contribution < -0.4 is 16.4 Å². The minimum absolute atomic E-state index is 0.213. The van der Waals surface area contributed by atoms with E-state index < -0.39 is 29.9 Å². The highest BCUT2D eigenvalue weighted by molar-refractivity contribution is 5.92. The van der Waals surface area contributed by atoms with Crippen molar-refractivity contribution in [2.75, 3.05) is 19.6 Å². The largest absolute Gasteiger partial charge is 0.480 e. The number of unbranched alkanes of at least 4 members (excludes halogenated alkanes) is 1. The zero-order valence-electron chi connectivity index (χ0n) is 13.9. The number of aliphatic carboxylic acids is 1. The minimum Gasteiger partial charge on any atom is -0.480 e. The van der Waals surface area contributed by atoms with Crippen molar-refractivity contribution in [3.05, 3.63) is 0 Å². The quantitative estimate of drug-likeness (QED) is 0.415. The molecular weight excluding hydrogens is 316 g/mol. The van der Waals surface area contributed by atoms with Crippen LogP contribution in [0.2, 0.25) is 0 Å². The summed E-state index contributed by atoms with van der Waals surface area (Å²) in [6.07, 6.45) is 3.00. The van der Waals surface area contributed by atoms with Crippen LogP contribution in [0, 0.1) is 0 Å². The Balaban J connectivity index is 2.62. The molecule has 24 heavy (non-hydrogen) atoms. The first-order chi connectivity index (χ1) is 11.4. The first-order valence-corrected chi connectivity index (χ1v) is 8.20. The SMILES string of the molecule is CCCC[C@H](NC(=O)[C@@H]1CCCN1C(=O)CNC(=O)CN)C(=O)O. The number of rotatable bonds is 9. The average Bonchev–Trinajstić information content (AvgIpc) is 3.05. The number of nitrogens with zero attached hydrogens (tertiary/aromatic N) is 1. The van der Waals surface area contributed by atoms with E-state index in [-0.39, 0.29) is 19.0 Å². The number of nitrogens with two attached hydrogens (primary N) is 1. The smallest absolute Gasteiger partial charge is 0.326 e. The fraction of sp³-hybridized carbons (Fsp3) is 0.733. The second-order valence-corrected chi connectivity index (χ2v) is 5.77. The number of carbonyl (C=O) groups excluding carboxylic acids is 3. The molecule has 1 rings (SSSR count). The molecule has 0 bridgehead atoms. The second kappa shape index (κ2) is 9.86. The van der Waals surface area contributed by atoms with Crippen LogP contribution in [0.1, 0.15) is 39.0 Å². The molecule has 0 radical (unpaired) electrons. The van der Waals surface area contributed by atoms with Crippen LogP contribution in [0.25, 0.3) is 0 Å². The van der Waals surface area contributed by atoms with Gasteiger partial charge in [-0.3, -0.25) is 14.4 Å². The highest BCUT2D eigenvalue weighted by Gasteiger charge is 2.35. The van der Waals surface area contributed by atoms with E-state index in [1.807, 2.05) is 6.92 Å². The lowest BCUT2D eigenvalue weighted by Gasteiger charge is -2.25. The number of hydrogen-bond donors (Lipinski definition) is 4. The Morgan fingerprint density at radius 3 is 2.62 bits per heavy atom. The normalized spacial score (nSPS) is 18.1. The number of amides is 3. The van der Waals surface area contributed by atoms with Gasteiger partial charge in [-0.15, -0.1) is 0 Å². The highest BCUT2D eigenvalue weighted by Crippen LogP contribution is 2.18. The van der Waals surface area contributed by atoms with Gasteiger partial charge in [0, 0.05) is 6.54 Å². The summed E-state index contributed by atoms with van der Waals surface area (Å²) in [4.78, 5) is 48.2. The fourth-order valence-electron chi connectivity index (χ4n) is 2.62. The Labute approximate surface area is 140 Å². The summed E-state index contributed by atoms with van der Waals surface area (Å²) in [5.74, 6) is -2.37. The molecule has 0 unspecified atom stereocenters. The molecule has 3 amide bonds. The summed E-state index contributed by atoms with van der Waals surface area (Å²) in [5.41, 5.74) is 5.15. The molecule has 0 aliphatic carbocycles. The average molecular weight is 342 g/mol. The number of carboxylic acid groups (broad SMARTS) is 1. The van der Waals surface area contributed by atoms with Gasteiger partial charge in [0.15, 0.2) is 0 Å². The fourth-order valence-corrected chi connectivity index (χ4v) is 2.62. The number of carbonyl (C=O) groups is 4. The standard InChI is InChI=1S/C15H26N4O5/c1-2-3-5-10(15(23)24)18-14(22)11-6-4-7-19(11)13(21)9-17-12(20)8-16/h10-11H,2-9,16H2,1H3,(H,17,20)(H,18,22)(H,23,24)/t10-,11-/m0/s1. The Morgan fingerprint density at radius 1 is 1.33 bits per heavy atom. The van der Waals surface area contributed by atoms with E-state index in [9.17, 15) is 24.3 Å². The number of likely N-dealkylation sites (tertiary alicyclic amines) is 1. The van der Waals surface area contributed by atoms with Crippen LogP contribution in [0.3, 0.4) is 0 Å². The topological polar surface area (TPSA) is 142 Å². The first kappa shape index (κ1) is 19.9. The summed E-state index contributed by atoms with van der Waals surface area (Å²) >= 11 is 0. The third-order valence-corrected chi connectivity index (χ3v) is 3.96. The third-order valence-electron chi connectivity index (χ3n) is 3.96. The summed E-state index contributed by atoms with van der Waals surface area (Å²) in [6, 6.07) is -1.65. The van der Waals surface area contributed by atoms with Gasteiger partial charge in [-0.25, -0.2) is 4.79 Å². The van der Waals surface area contributed by atoms with Crippen LogP contribution in [-0.4, -0.2) is 65.4 Å². The van der Waals surface area contributed by atoms with E-state index >= 15 is 0 Å². The maximum absolute atomic E-state index is 12.4. The van der Waals surface area contributed by atoms with Crippen LogP contribution in [0.4, 0.5) is 0 Å². The lowest BCUT2D eigenvalue weighted by Crippen LogP contribution is -2.52. The molecule has 0 aromatic rings. The van der Waals surface area contributed by atoms with Gasteiger partial charge in [0.1, 0.15) is 12.1 Å². The van der Waals surface area contributed by atoms with Gasteiger partial charge in [0.2, 0.25) is 17.7 Å². The molecule has 136 valence electrons. The van der Waals surface area contributed by atoms with E-state index in [0.717, 1.165) is 6.42 Å². The number of carboxylic acids is 1. The molecule has 1 heterocycles. The maximum Gasteiger partial charge on any atom is 0.326 e. The van der Waals surface area contributed by atoms with E-state index in [0.29, 0.717) is 32.2 Å². The lowest BCUT2D eigenvalue weighted by atomic mass is 10.1. The first-order valence-electron chi connectivity index (χ1n) is 8.20. The van der Waals surface area contributed by atoms with Crippen LogP contribution in [-0.2, 0) is 19.2 Å². The molecule has 0 aromatic heterocycles. The van der Waals surface area contributed by atoms with E-state index in [4.69, 9.17) is 5.73 Å². The lowest BCUT2D eigenvalue weighted by molar-refractivity contribution is -0.144. The van der Waals surface area contributed by atoms with Crippen LogP contribution in [0.15, 0.2) is 0 Å². The zero-order valence-corrected chi connectivity index (χ0v) is 13.9. The van der Waals surface area contributed by atoms with Gasteiger partial charge in [-0.05, 0) is 19.3 Å². The zero-order chi connectivity index (χ0) is 18.1. The number of hydrogen-bond acceptors (Lipinski definition) is 5. The van der Waals surface area contributed by atoms with Crippen molar-refractivity contribution in [1.29, 1.82) is 0 Å². The van der Waals surface area contributed by atoms with Gasteiger partial charge in [-0.2, -0.15) is 0 Å². The molecule has 1 aliphatic rings. The summed E-state index contributed by atoms with van der Waals surface area (Å²) < 4.78 is 0. The Kier molecular flexibility index (Phi) is 8.17. The van der Waals surface area contributed by atoms with Gasteiger partial charge in [0.25, 0.3) is 0 Å². The predicted molar refractivity (Wildman–Crippen MR) is 85.9 cm³/mol. The van der Waals surface area contributed by atoms with Gasteiger partial charge >= 0.3 is 5.97 Å². The van der Waals surface area contributed by atoms with Crippen molar-refractivity contribution >= 4 is 23.7 Å². The monoisotopic (exact) mass is 342 g/mol. The molecule has 1 aliphatic heterocycles.